The minimum Gasteiger partial charge on any atom is -0.493 e. The van der Waals surface area contributed by atoms with E-state index in [9.17, 15) is 19.7 Å². The third-order valence-corrected chi connectivity index (χ3v) is 6.38. The molecule has 0 bridgehead atoms. The molecule has 3 aromatic carbocycles. The third kappa shape index (κ3) is 4.51. The van der Waals surface area contributed by atoms with Crippen LogP contribution in [-0.4, -0.2) is 32.2 Å². The van der Waals surface area contributed by atoms with Crippen molar-refractivity contribution in [2.45, 2.75) is 0 Å². The molecule has 0 atom stereocenters. The Bertz CT molecular complexity index is 1490. The normalized spacial score (nSPS) is 10.6. The molecule has 10 heteroatoms. The fraction of sp³-hybridized carbons (Fsp3) is 0.120. The van der Waals surface area contributed by atoms with Gasteiger partial charge in [0.25, 0.3) is 11.6 Å². The van der Waals surface area contributed by atoms with Crippen LogP contribution in [0.3, 0.4) is 0 Å². The number of hydrogen-bond acceptors (Lipinski definition) is 8. The number of ether oxygens (including phenoxy) is 3. The molecule has 0 radical (unpaired) electrons. The van der Waals surface area contributed by atoms with Gasteiger partial charge in [-0.3, -0.25) is 19.7 Å². The van der Waals surface area contributed by atoms with Crippen molar-refractivity contribution >= 4 is 38.0 Å². The number of rotatable bonds is 7. The Labute approximate surface area is 203 Å². The summed E-state index contributed by atoms with van der Waals surface area (Å²) >= 11 is 1.21. The molecule has 4 rings (SSSR count). The summed E-state index contributed by atoms with van der Waals surface area (Å²) in [5, 5.41) is 14.7. The molecule has 4 aromatic rings. The molecule has 1 aromatic heterocycles. The van der Waals surface area contributed by atoms with Crippen LogP contribution in [0.15, 0.2) is 65.5 Å². The molecule has 1 N–H and O–H groups in total. The van der Waals surface area contributed by atoms with Gasteiger partial charge in [0.1, 0.15) is 5.00 Å². The summed E-state index contributed by atoms with van der Waals surface area (Å²) in [5.41, 5.74) is 0.243. The number of nitro groups is 1. The molecular formula is C25H20N2O7S. The average molecular weight is 493 g/mol. The van der Waals surface area contributed by atoms with E-state index in [1.165, 1.54) is 56.9 Å². The molecule has 9 nitrogen and oxygen atoms in total. The number of carbonyl (C=O) groups excluding carboxylic acids is 1. The van der Waals surface area contributed by atoms with Gasteiger partial charge in [-0.15, -0.1) is 11.3 Å². The molecule has 35 heavy (non-hydrogen) atoms. The zero-order valence-electron chi connectivity index (χ0n) is 19.0. The van der Waals surface area contributed by atoms with Crippen LogP contribution in [0.4, 0.5) is 10.7 Å². The molecule has 0 aliphatic carbocycles. The number of amides is 1. The van der Waals surface area contributed by atoms with E-state index in [0.29, 0.717) is 32.9 Å². The van der Waals surface area contributed by atoms with Gasteiger partial charge in [-0.1, -0.05) is 18.2 Å². The van der Waals surface area contributed by atoms with Crippen molar-refractivity contribution in [1.82, 2.24) is 0 Å². The summed E-state index contributed by atoms with van der Waals surface area (Å²) < 4.78 is 16.9. The molecule has 0 spiro atoms. The Kier molecular flexibility index (Phi) is 6.65. The fourth-order valence-corrected chi connectivity index (χ4v) is 4.75. The highest BCUT2D eigenvalue weighted by Crippen LogP contribution is 2.43. The van der Waals surface area contributed by atoms with Gasteiger partial charge in [-0.25, -0.2) is 0 Å². The molecule has 0 unspecified atom stereocenters. The third-order valence-electron chi connectivity index (χ3n) is 5.30. The van der Waals surface area contributed by atoms with Gasteiger partial charge < -0.3 is 19.5 Å². The van der Waals surface area contributed by atoms with E-state index in [1.807, 2.05) is 0 Å². The van der Waals surface area contributed by atoms with Crippen molar-refractivity contribution in [3.8, 4) is 28.4 Å². The first-order chi connectivity index (χ1) is 16.9. The zero-order valence-corrected chi connectivity index (χ0v) is 19.8. The van der Waals surface area contributed by atoms with Crippen molar-refractivity contribution in [1.29, 1.82) is 0 Å². The largest absolute Gasteiger partial charge is 0.493 e. The second-order valence-electron chi connectivity index (χ2n) is 7.31. The summed E-state index contributed by atoms with van der Waals surface area (Å²) in [6.45, 7) is 0. The number of hydrogen-bond donors (Lipinski definition) is 1. The van der Waals surface area contributed by atoms with Crippen LogP contribution in [0.1, 0.15) is 10.4 Å². The zero-order chi connectivity index (χ0) is 25.1. The van der Waals surface area contributed by atoms with Crippen LogP contribution in [0.25, 0.3) is 21.2 Å². The number of nitro benzene ring substituents is 1. The summed E-state index contributed by atoms with van der Waals surface area (Å²) in [4.78, 5) is 37.2. The highest BCUT2D eigenvalue weighted by Gasteiger charge is 2.22. The Morgan fingerprint density at radius 1 is 0.943 bits per heavy atom. The molecule has 1 amide bonds. The topological polar surface area (TPSA) is 117 Å². The van der Waals surface area contributed by atoms with Crippen molar-refractivity contribution in [3.05, 3.63) is 86.6 Å². The minimum atomic E-state index is -0.590. The second kappa shape index (κ2) is 9.82. The van der Waals surface area contributed by atoms with Crippen molar-refractivity contribution in [2.75, 3.05) is 26.6 Å². The SMILES string of the molecule is COc1cc(-c2c(NC(=O)c3cccc([N+](=O)[O-])c3)sc3ccccc3c2=O)cc(OC)c1OC. The van der Waals surface area contributed by atoms with Crippen LogP contribution in [0, 0.1) is 10.1 Å². The van der Waals surface area contributed by atoms with E-state index in [1.54, 1.807) is 36.4 Å². The van der Waals surface area contributed by atoms with Crippen LogP contribution >= 0.6 is 11.3 Å². The quantitative estimate of drug-likeness (QED) is 0.281. The summed E-state index contributed by atoms with van der Waals surface area (Å²) in [6.07, 6.45) is 0. The molecule has 178 valence electrons. The number of carbonyl (C=O) groups is 1. The van der Waals surface area contributed by atoms with Crippen molar-refractivity contribution in [2.24, 2.45) is 0 Å². The van der Waals surface area contributed by atoms with Gasteiger partial charge in [-0.05, 0) is 35.9 Å². The Morgan fingerprint density at radius 2 is 1.63 bits per heavy atom. The maximum absolute atomic E-state index is 13.6. The smallest absolute Gasteiger partial charge is 0.270 e. The van der Waals surface area contributed by atoms with E-state index in [-0.39, 0.29) is 27.2 Å². The van der Waals surface area contributed by atoms with E-state index in [4.69, 9.17) is 14.2 Å². The summed E-state index contributed by atoms with van der Waals surface area (Å²) in [7, 11) is 4.41. The van der Waals surface area contributed by atoms with Gasteiger partial charge in [0, 0.05) is 27.8 Å². The van der Waals surface area contributed by atoms with Crippen LogP contribution < -0.4 is 25.0 Å². The highest BCUT2D eigenvalue weighted by molar-refractivity contribution is 7.22. The van der Waals surface area contributed by atoms with E-state index >= 15 is 0 Å². The molecule has 0 aliphatic heterocycles. The molecule has 0 saturated carbocycles. The number of nitrogens with one attached hydrogen (secondary N) is 1. The standard InChI is InChI=1S/C25H20N2O7S/c1-32-18-12-15(13-19(33-2)23(18)34-3)21-22(28)17-9-4-5-10-20(17)35-25(21)26-24(29)14-7-6-8-16(11-14)27(30)31/h4-13H,1-3H3,(H,26,29). The average Bonchev–Trinajstić information content (AvgIpc) is 2.88. The molecule has 1 heterocycles. The van der Waals surface area contributed by atoms with Crippen LogP contribution in [-0.2, 0) is 0 Å². The Morgan fingerprint density at radius 3 is 2.26 bits per heavy atom. The van der Waals surface area contributed by atoms with Crippen molar-refractivity contribution in [3.63, 3.8) is 0 Å². The maximum Gasteiger partial charge on any atom is 0.270 e. The highest BCUT2D eigenvalue weighted by atomic mass is 32.1. The summed E-state index contributed by atoms with van der Waals surface area (Å²) in [6, 6.07) is 15.7. The predicted molar refractivity (Wildman–Crippen MR) is 134 cm³/mol. The predicted octanol–water partition coefficient (Wildman–Crippen LogP) is 5.11. The monoisotopic (exact) mass is 492 g/mol. The number of fused-ring (bicyclic) bond motifs is 1. The Balaban J connectivity index is 1.92. The lowest BCUT2D eigenvalue weighted by Gasteiger charge is -2.16. The number of non-ortho nitro benzene ring substituents is 1. The van der Waals surface area contributed by atoms with E-state index < -0.39 is 10.8 Å². The summed E-state index contributed by atoms with van der Waals surface area (Å²) in [5.74, 6) is 0.455. The van der Waals surface area contributed by atoms with Gasteiger partial charge in [0.2, 0.25) is 5.75 Å². The molecule has 0 aliphatic rings. The number of methoxy groups -OCH3 is 3. The van der Waals surface area contributed by atoms with Crippen LogP contribution in [0.5, 0.6) is 17.2 Å². The number of anilines is 1. The van der Waals surface area contributed by atoms with E-state index in [0.717, 1.165) is 0 Å². The lowest BCUT2D eigenvalue weighted by molar-refractivity contribution is -0.384. The molecule has 0 fully saturated rings. The lowest BCUT2D eigenvalue weighted by Crippen LogP contribution is -2.16. The van der Waals surface area contributed by atoms with Crippen molar-refractivity contribution < 1.29 is 23.9 Å². The number of nitrogens with zero attached hydrogens (tertiary/aromatic N) is 1. The van der Waals surface area contributed by atoms with Gasteiger partial charge in [0.15, 0.2) is 16.9 Å². The molecule has 0 saturated heterocycles. The maximum atomic E-state index is 13.6. The van der Waals surface area contributed by atoms with Gasteiger partial charge >= 0.3 is 0 Å². The first-order valence-corrected chi connectivity index (χ1v) is 11.1. The first-order valence-electron chi connectivity index (χ1n) is 10.3. The van der Waals surface area contributed by atoms with Gasteiger partial charge in [-0.2, -0.15) is 0 Å². The fourth-order valence-electron chi connectivity index (χ4n) is 3.65. The Hall–Kier alpha value is -4.44. The molecular weight excluding hydrogens is 472 g/mol. The van der Waals surface area contributed by atoms with Crippen LogP contribution in [0.2, 0.25) is 0 Å². The minimum absolute atomic E-state index is 0.0860. The van der Waals surface area contributed by atoms with E-state index in [2.05, 4.69) is 5.32 Å². The van der Waals surface area contributed by atoms with Gasteiger partial charge in [0.05, 0.1) is 31.8 Å². The first kappa shape index (κ1) is 23.7. The second-order valence-corrected chi connectivity index (χ2v) is 8.36. The number of benzene rings is 3. The lowest BCUT2D eigenvalue weighted by atomic mass is 10.0.